The summed E-state index contributed by atoms with van der Waals surface area (Å²) < 4.78 is 47.4. The van der Waals surface area contributed by atoms with Gasteiger partial charge < -0.3 is 4.90 Å². The van der Waals surface area contributed by atoms with Gasteiger partial charge in [0.1, 0.15) is 0 Å². The Hall–Kier alpha value is -1.02. The zero-order chi connectivity index (χ0) is 15.3. The van der Waals surface area contributed by atoms with Gasteiger partial charge in [-0.3, -0.25) is 4.79 Å². The molecule has 0 bridgehead atoms. The van der Waals surface area contributed by atoms with Crippen molar-refractivity contribution in [3.05, 3.63) is 29.8 Å². The van der Waals surface area contributed by atoms with Gasteiger partial charge in [0.15, 0.2) is 9.84 Å². The van der Waals surface area contributed by atoms with Crippen LogP contribution in [0.4, 0.5) is 8.78 Å². The van der Waals surface area contributed by atoms with Crippen molar-refractivity contribution in [3.63, 3.8) is 0 Å². The summed E-state index contributed by atoms with van der Waals surface area (Å²) in [5.41, 5.74) is 0.180. The van der Waals surface area contributed by atoms with Crippen LogP contribution < -0.4 is 0 Å². The highest BCUT2D eigenvalue weighted by atomic mass is 79.9. The second-order valence-corrected chi connectivity index (χ2v) is 6.94. The van der Waals surface area contributed by atoms with E-state index < -0.39 is 28.7 Å². The van der Waals surface area contributed by atoms with E-state index in [9.17, 15) is 22.0 Å². The first-order chi connectivity index (χ1) is 9.25. The van der Waals surface area contributed by atoms with Crippen molar-refractivity contribution < 1.29 is 22.0 Å². The van der Waals surface area contributed by atoms with Crippen LogP contribution in [0.1, 0.15) is 10.4 Å². The standard InChI is InChI=1S/C12H14BrF2NO3S/c1-20(18,19)10-4-2-9(3-5-10)12(17)16(7-6-13)8-11(14)15/h2-5,11H,6-8H2,1H3. The molecule has 0 N–H and O–H groups in total. The molecule has 8 heteroatoms. The van der Waals surface area contributed by atoms with Crippen LogP contribution in [0.2, 0.25) is 0 Å². The van der Waals surface area contributed by atoms with Gasteiger partial charge in [-0.2, -0.15) is 0 Å². The molecule has 0 atom stereocenters. The number of amides is 1. The lowest BCUT2D eigenvalue weighted by Gasteiger charge is -2.21. The molecule has 20 heavy (non-hydrogen) atoms. The molecule has 0 unspecified atom stereocenters. The average molecular weight is 370 g/mol. The molecule has 0 fully saturated rings. The zero-order valence-electron chi connectivity index (χ0n) is 10.7. The highest BCUT2D eigenvalue weighted by Gasteiger charge is 2.19. The molecule has 0 spiro atoms. The van der Waals surface area contributed by atoms with E-state index in [1.165, 1.54) is 24.3 Å². The summed E-state index contributed by atoms with van der Waals surface area (Å²) in [6.45, 7) is -0.505. The number of rotatable bonds is 6. The minimum Gasteiger partial charge on any atom is -0.332 e. The van der Waals surface area contributed by atoms with Crippen LogP contribution in [0.25, 0.3) is 0 Å². The number of carbonyl (C=O) groups excluding carboxylic acids is 1. The molecule has 0 aliphatic heterocycles. The summed E-state index contributed by atoms with van der Waals surface area (Å²) >= 11 is 3.10. The Morgan fingerprint density at radius 3 is 2.25 bits per heavy atom. The summed E-state index contributed by atoms with van der Waals surface area (Å²) in [6, 6.07) is 5.23. The summed E-state index contributed by atoms with van der Waals surface area (Å²) in [5, 5.41) is 0.382. The lowest BCUT2D eigenvalue weighted by molar-refractivity contribution is 0.0572. The summed E-state index contributed by atoms with van der Waals surface area (Å²) in [5.74, 6) is -0.551. The Bertz CT molecular complexity index is 561. The van der Waals surface area contributed by atoms with Crippen molar-refractivity contribution in [2.24, 2.45) is 0 Å². The lowest BCUT2D eigenvalue weighted by atomic mass is 10.2. The lowest BCUT2D eigenvalue weighted by Crippen LogP contribution is -2.36. The Morgan fingerprint density at radius 1 is 1.30 bits per heavy atom. The van der Waals surface area contributed by atoms with E-state index in [-0.39, 0.29) is 17.0 Å². The molecule has 0 aliphatic carbocycles. The van der Waals surface area contributed by atoms with E-state index in [1.54, 1.807) is 0 Å². The summed E-state index contributed by atoms with van der Waals surface area (Å²) in [7, 11) is -3.35. The number of hydrogen-bond acceptors (Lipinski definition) is 3. The van der Waals surface area contributed by atoms with Gasteiger partial charge in [0.2, 0.25) is 0 Å². The first kappa shape index (κ1) is 17.0. The van der Waals surface area contributed by atoms with Crippen molar-refractivity contribution in [1.29, 1.82) is 0 Å². The maximum Gasteiger partial charge on any atom is 0.255 e. The maximum absolute atomic E-state index is 12.4. The van der Waals surface area contributed by atoms with Crippen LogP contribution >= 0.6 is 15.9 Å². The predicted octanol–water partition coefficient (Wildman–Crippen LogP) is 2.19. The normalized spacial score (nSPS) is 11.7. The van der Waals surface area contributed by atoms with Gasteiger partial charge in [0, 0.05) is 23.7 Å². The molecule has 0 aromatic heterocycles. The predicted molar refractivity (Wildman–Crippen MR) is 75.3 cm³/mol. The Morgan fingerprint density at radius 2 is 1.85 bits per heavy atom. The molecular weight excluding hydrogens is 356 g/mol. The Balaban J connectivity index is 2.95. The molecule has 1 aromatic carbocycles. The van der Waals surface area contributed by atoms with Gasteiger partial charge in [0.25, 0.3) is 12.3 Å². The van der Waals surface area contributed by atoms with Crippen molar-refractivity contribution in [1.82, 2.24) is 4.90 Å². The van der Waals surface area contributed by atoms with E-state index in [0.29, 0.717) is 5.33 Å². The molecule has 0 aliphatic rings. The van der Waals surface area contributed by atoms with Gasteiger partial charge in [-0.1, -0.05) is 15.9 Å². The van der Waals surface area contributed by atoms with E-state index in [0.717, 1.165) is 11.2 Å². The van der Waals surface area contributed by atoms with Gasteiger partial charge >= 0.3 is 0 Å². The molecule has 1 amide bonds. The van der Waals surface area contributed by atoms with Crippen molar-refractivity contribution in [2.75, 3.05) is 24.7 Å². The quantitative estimate of drug-likeness (QED) is 0.722. The number of nitrogens with zero attached hydrogens (tertiary/aromatic N) is 1. The van der Waals surface area contributed by atoms with Crippen molar-refractivity contribution in [3.8, 4) is 0 Å². The van der Waals surface area contributed by atoms with Gasteiger partial charge in [-0.05, 0) is 24.3 Å². The van der Waals surface area contributed by atoms with Gasteiger partial charge in [-0.25, -0.2) is 17.2 Å². The topological polar surface area (TPSA) is 54.5 Å². The third-order valence-corrected chi connectivity index (χ3v) is 4.01. The van der Waals surface area contributed by atoms with E-state index >= 15 is 0 Å². The van der Waals surface area contributed by atoms with Crippen LogP contribution in [-0.2, 0) is 9.84 Å². The number of alkyl halides is 3. The molecule has 1 rings (SSSR count). The highest BCUT2D eigenvalue weighted by molar-refractivity contribution is 9.09. The van der Waals surface area contributed by atoms with Crippen LogP contribution in [0.3, 0.4) is 0 Å². The monoisotopic (exact) mass is 369 g/mol. The third kappa shape index (κ3) is 4.82. The Kier molecular flexibility index (Phi) is 6.07. The summed E-state index contributed by atoms with van der Waals surface area (Å²) in [6.07, 6.45) is -1.56. The largest absolute Gasteiger partial charge is 0.332 e. The zero-order valence-corrected chi connectivity index (χ0v) is 13.1. The Labute approximate surface area is 124 Å². The smallest absolute Gasteiger partial charge is 0.255 e. The molecule has 112 valence electrons. The van der Waals surface area contributed by atoms with E-state index in [1.807, 2.05) is 0 Å². The molecule has 0 radical (unpaired) electrons. The summed E-state index contributed by atoms with van der Waals surface area (Å²) in [4.78, 5) is 13.2. The number of benzene rings is 1. The fourth-order valence-corrected chi connectivity index (χ4v) is 2.63. The van der Waals surface area contributed by atoms with E-state index in [2.05, 4.69) is 15.9 Å². The third-order valence-electron chi connectivity index (χ3n) is 2.53. The highest BCUT2D eigenvalue weighted by Crippen LogP contribution is 2.13. The first-order valence-corrected chi connectivity index (χ1v) is 8.70. The van der Waals surface area contributed by atoms with Crippen LogP contribution in [0, 0.1) is 0 Å². The first-order valence-electron chi connectivity index (χ1n) is 5.69. The number of carbonyl (C=O) groups is 1. The van der Waals surface area contributed by atoms with Crippen molar-refractivity contribution >= 4 is 31.7 Å². The average Bonchev–Trinajstić information content (AvgIpc) is 2.36. The number of halogens is 3. The van der Waals surface area contributed by atoms with Gasteiger partial charge in [-0.15, -0.1) is 0 Å². The number of hydrogen-bond donors (Lipinski definition) is 0. The number of sulfone groups is 1. The SMILES string of the molecule is CS(=O)(=O)c1ccc(C(=O)N(CCBr)CC(F)F)cc1. The van der Waals surface area contributed by atoms with Crippen LogP contribution in [0.5, 0.6) is 0 Å². The van der Waals surface area contributed by atoms with Crippen molar-refractivity contribution in [2.45, 2.75) is 11.3 Å². The molecule has 4 nitrogen and oxygen atoms in total. The maximum atomic E-state index is 12.4. The molecule has 0 heterocycles. The fourth-order valence-electron chi connectivity index (χ4n) is 1.57. The van der Waals surface area contributed by atoms with E-state index in [4.69, 9.17) is 0 Å². The second-order valence-electron chi connectivity index (χ2n) is 4.13. The minimum absolute atomic E-state index is 0.0787. The van der Waals surface area contributed by atoms with Crippen LogP contribution in [-0.4, -0.2) is 50.3 Å². The fraction of sp³-hybridized carbons (Fsp3) is 0.417. The van der Waals surface area contributed by atoms with Crippen LogP contribution in [0.15, 0.2) is 29.2 Å². The second kappa shape index (κ2) is 7.12. The molecule has 0 saturated carbocycles. The molecular formula is C12H14BrF2NO3S. The molecule has 0 saturated heterocycles. The van der Waals surface area contributed by atoms with Gasteiger partial charge in [0.05, 0.1) is 11.4 Å². The minimum atomic E-state index is -3.35. The molecule has 1 aromatic rings.